The van der Waals surface area contributed by atoms with Crippen LogP contribution in [0.2, 0.25) is 0 Å². The van der Waals surface area contributed by atoms with Crippen molar-refractivity contribution in [3.05, 3.63) is 78.2 Å². The number of nitrogens with zero attached hydrogens (tertiary/aromatic N) is 2. The van der Waals surface area contributed by atoms with Crippen LogP contribution in [0.5, 0.6) is 5.75 Å². The molecule has 1 aliphatic rings. The summed E-state index contributed by atoms with van der Waals surface area (Å²) in [7, 11) is 0. The first-order valence-electron chi connectivity index (χ1n) is 10.5. The molecule has 0 saturated heterocycles. The summed E-state index contributed by atoms with van der Waals surface area (Å²) in [5.41, 5.74) is 7.09. The van der Waals surface area contributed by atoms with Crippen molar-refractivity contribution in [1.82, 2.24) is 9.97 Å². The zero-order chi connectivity index (χ0) is 20.5. The molecule has 4 aromatic rings. The summed E-state index contributed by atoms with van der Waals surface area (Å²) >= 11 is 0. The zero-order valence-corrected chi connectivity index (χ0v) is 17.4. The molecule has 3 heterocycles. The number of anilines is 3. The largest absolute Gasteiger partial charge is 0.487 e. The highest BCUT2D eigenvalue weighted by molar-refractivity contribution is 5.86. The van der Waals surface area contributed by atoms with Crippen LogP contribution < -0.4 is 15.0 Å². The van der Waals surface area contributed by atoms with Gasteiger partial charge in [-0.15, -0.1) is 0 Å². The van der Waals surface area contributed by atoms with Crippen molar-refractivity contribution in [3.8, 4) is 5.75 Å². The Balaban J connectivity index is 1.36. The number of para-hydroxylation sites is 1. The second-order valence-electron chi connectivity index (χ2n) is 7.98. The van der Waals surface area contributed by atoms with E-state index < -0.39 is 0 Å². The predicted molar refractivity (Wildman–Crippen MR) is 123 cm³/mol. The first-order valence-corrected chi connectivity index (χ1v) is 10.5. The van der Waals surface area contributed by atoms with Crippen molar-refractivity contribution >= 4 is 28.0 Å². The summed E-state index contributed by atoms with van der Waals surface area (Å²) in [6, 6.07) is 16.8. The Morgan fingerprint density at radius 2 is 2.00 bits per heavy atom. The summed E-state index contributed by atoms with van der Waals surface area (Å²) < 4.78 is 6.16. The highest BCUT2D eigenvalue weighted by atomic mass is 16.5. The average molecular weight is 399 g/mol. The summed E-state index contributed by atoms with van der Waals surface area (Å²) in [4.78, 5) is 9.95. The van der Waals surface area contributed by atoms with E-state index in [9.17, 15) is 0 Å². The Bertz CT molecular complexity index is 1170. The van der Waals surface area contributed by atoms with Crippen LogP contribution in [0.3, 0.4) is 0 Å². The van der Waals surface area contributed by atoms with Crippen molar-refractivity contribution in [2.24, 2.45) is 0 Å². The maximum absolute atomic E-state index is 6.16. The van der Waals surface area contributed by atoms with Gasteiger partial charge in [0.15, 0.2) is 0 Å². The lowest BCUT2D eigenvalue weighted by atomic mass is 10.1. The van der Waals surface area contributed by atoms with E-state index in [0.717, 1.165) is 42.3 Å². The van der Waals surface area contributed by atoms with Crippen LogP contribution in [0.1, 0.15) is 18.1 Å². The second kappa shape index (κ2) is 7.75. The van der Waals surface area contributed by atoms with Crippen LogP contribution in [0, 0.1) is 6.92 Å². The third kappa shape index (κ3) is 3.59. The van der Waals surface area contributed by atoms with Gasteiger partial charge in [-0.2, -0.15) is 0 Å². The fourth-order valence-corrected chi connectivity index (χ4v) is 4.25. The summed E-state index contributed by atoms with van der Waals surface area (Å²) in [5, 5.41) is 4.75. The van der Waals surface area contributed by atoms with Crippen molar-refractivity contribution in [3.63, 3.8) is 0 Å². The number of aromatic amines is 1. The van der Waals surface area contributed by atoms with E-state index in [4.69, 9.17) is 4.74 Å². The molecule has 0 saturated carbocycles. The monoisotopic (exact) mass is 398 g/mol. The van der Waals surface area contributed by atoms with Gasteiger partial charge in [0.05, 0.1) is 12.2 Å². The van der Waals surface area contributed by atoms with E-state index in [1.165, 1.54) is 22.0 Å². The fourth-order valence-electron chi connectivity index (χ4n) is 4.25. The SMILES string of the molecule is Cc1cccc2c(CCN3CC(C)Oc4cc(Nc5ccncc5)ccc43)c[nH]c12. The number of H-pyrrole nitrogens is 1. The van der Waals surface area contributed by atoms with E-state index in [-0.39, 0.29) is 6.10 Å². The van der Waals surface area contributed by atoms with Gasteiger partial charge >= 0.3 is 0 Å². The normalized spacial score (nSPS) is 15.7. The Kier molecular flexibility index (Phi) is 4.79. The van der Waals surface area contributed by atoms with Crippen LogP contribution in [0.15, 0.2) is 67.1 Å². The molecule has 1 aliphatic heterocycles. The zero-order valence-electron chi connectivity index (χ0n) is 17.4. The molecule has 5 heteroatoms. The first kappa shape index (κ1) is 18.6. The van der Waals surface area contributed by atoms with Gasteiger partial charge in [0, 0.05) is 53.5 Å². The van der Waals surface area contributed by atoms with Gasteiger partial charge < -0.3 is 19.9 Å². The van der Waals surface area contributed by atoms with Gasteiger partial charge in [-0.3, -0.25) is 4.98 Å². The topological polar surface area (TPSA) is 53.2 Å². The smallest absolute Gasteiger partial charge is 0.145 e. The number of aryl methyl sites for hydroxylation is 1. The number of hydrogen-bond donors (Lipinski definition) is 2. The number of fused-ring (bicyclic) bond motifs is 2. The van der Waals surface area contributed by atoms with E-state index in [1.807, 2.05) is 12.1 Å². The maximum atomic E-state index is 6.16. The van der Waals surface area contributed by atoms with E-state index in [1.54, 1.807) is 12.4 Å². The average Bonchev–Trinajstić information content (AvgIpc) is 3.17. The fraction of sp³-hybridized carbons (Fsp3) is 0.240. The minimum absolute atomic E-state index is 0.152. The van der Waals surface area contributed by atoms with Gasteiger partial charge in [-0.1, -0.05) is 18.2 Å². The quantitative estimate of drug-likeness (QED) is 0.470. The molecule has 0 amide bonds. The highest BCUT2D eigenvalue weighted by Crippen LogP contribution is 2.36. The highest BCUT2D eigenvalue weighted by Gasteiger charge is 2.23. The van der Waals surface area contributed by atoms with Gasteiger partial charge in [-0.05, 0) is 55.7 Å². The van der Waals surface area contributed by atoms with E-state index in [0.29, 0.717) is 0 Å². The maximum Gasteiger partial charge on any atom is 0.145 e. The molecule has 0 fully saturated rings. The molecule has 152 valence electrons. The first-order chi connectivity index (χ1) is 14.7. The van der Waals surface area contributed by atoms with E-state index in [2.05, 4.69) is 76.6 Å². The minimum Gasteiger partial charge on any atom is -0.487 e. The predicted octanol–water partition coefficient (Wildman–Crippen LogP) is 5.44. The molecule has 5 rings (SSSR count). The van der Waals surface area contributed by atoms with Crippen molar-refractivity contribution in [1.29, 1.82) is 0 Å². The summed E-state index contributed by atoms with van der Waals surface area (Å²) in [6.45, 7) is 6.14. The minimum atomic E-state index is 0.152. The molecular formula is C25H26N4O. The third-order valence-electron chi connectivity index (χ3n) is 5.74. The Hall–Kier alpha value is -3.47. The van der Waals surface area contributed by atoms with Crippen molar-refractivity contribution < 1.29 is 4.74 Å². The molecule has 0 spiro atoms. The van der Waals surface area contributed by atoms with Gasteiger partial charge in [0.2, 0.25) is 0 Å². The third-order valence-corrected chi connectivity index (χ3v) is 5.74. The van der Waals surface area contributed by atoms with Crippen LogP contribution in [-0.4, -0.2) is 29.2 Å². The summed E-state index contributed by atoms with van der Waals surface area (Å²) in [6.07, 6.45) is 6.87. The second-order valence-corrected chi connectivity index (χ2v) is 7.98. The van der Waals surface area contributed by atoms with Crippen LogP contribution >= 0.6 is 0 Å². The number of hydrogen-bond acceptors (Lipinski definition) is 4. The molecule has 1 unspecified atom stereocenters. The summed E-state index contributed by atoms with van der Waals surface area (Å²) in [5.74, 6) is 0.933. The van der Waals surface area contributed by atoms with Crippen LogP contribution in [0.4, 0.5) is 17.1 Å². The molecule has 2 N–H and O–H groups in total. The number of pyridine rings is 1. The lowest BCUT2D eigenvalue weighted by molar-refractivity contribution is 0.213. The molecule has 0 bridgehead atoms. The Morgan fingerprint density at radius 3 is 2.87 bits per heavy atom. The van der Waals surface area contributed by atoms with E-state index >= 15 is 0 Å². The number of aromatic nitrogens is 2. The van der Waals surface area contributed by atoms with Gasteiger partial charge in [0.25, 0.3) is 0 Å². The molecular weight excluding hydrogens is 372 g/mol. The lowest BCUT2D eigenvalue weighted by Crippen LogP contribution is -2.39. The number of benzene rings is 2. The number of nitrogens with one attached hydrogen (secondary N) is 2. The molecule has 1 atom stereocenters. The molecule has 30 heavy (non-hydrogen) atoms. The van der Waals surface area contributed by atoms with Crippen LogP contribution in [-0.2, 0) is 6.42 Å². The van der Waals surface area contributed by atoms with Gasteiger partial charge in [0.1, 0.15) is 11.9 Å². The van der Waals surface area contributed by atoms with Crippen LogP contribution in [0.25, 0.3) is 10.9 Å². The standard InChI is InChI=1S/C25H26N4O/c1-17-4-3-5-22-19(15-27-25(17)22)10-13-29-16-18(2)30-24-14-21(6-7-23(24)29)28-20-8-11-26-12-9-20/h3-9,11-12,14-15,18,27H,10,13,16H2,1-2H3,(H,26,28). The van der Waals surface area contributed by atoms with Gasteiger partial charge in [-0.25, -0.2) is 0 Å². The molecule has 0 aliphatic carbocycles. The van der Waals surface area contributed by atoms with Crippen molar-refractivity contribution in [2.45, 2.75) is 26.4 Å². The number of rotatable bonds is 5. The molecule has 2 aromatic heterocycles. The lowest BCUT2D eigenvalue weighted by Gasteiger charge is -2.35. The molecule has 5 nitrogen and oxygen atoms in total. The molecule has 2 aromatic carbocycles. The Morgan fingerprint density at radius 1 is 1.13 bits per heavy atom. The Labute approximate surface area is 176 Å². The number of ether oxygens (including phenoxy) is 1. The molecule has 0 radical (unpaired) electrons. The van der Waals surface area contributed by atoms with Crippen molar-refractivity contribution in [2.75, 3.05) is 23.3 Å².